The Hall–Kier alpha value is -4.51. The van der Waals surface area contributed by atoms with E-state index in [1.54, 1.807) is 30.3 Å². The normalized spacial score (nSPS) is 16.5. The van der Waals surface area contributed by atoms with Crippen molar-refractivity contribution in [3.63, 3.8) is 0 Å². The fourth-order valence-corrected chi connectivity index (χ4v) is 5.79. The van der Waals surface area contributed by atoms with E-state index in [4.69, 9.17) is 15.2 Å². The highest BCUT2D eigenvalue weighted by Gasteiger charge is 2.39. The minimum atomic E-state index is -3.68. The summed E-state index contributed by atoms with van der Waals surface area (Å²) in [5, 5.41) is 8.72. The summed E-state index contributed by atoms with van der Waals surface area (Å²) in [7, 11) is 0.261. The van der Waals surface area contributed by atoms with Gasteiger partial charge in [-0.25, -0.2) is 22.3 Å². The van der Waals surface area contributed by atoms with Crippen molar-refractivity contribution < 1.29 is 46.7 Å². The molecule has 278 valence electrons. The molecule has 4 atom stereocenters. The van der Waals surface area contributed by atoms with Crippen LogP contribution in [-0.4, -0.2) is 105 Å². The number of esters is 1. The van der Waals surface area contributed by atoms with Crippen LogP contribution < -0.4 is 21.7 Å². The maximum atomic E-state index is 13.9. The van der Waals surface area contributed by atoms with Crippen molar-refractivity contribution in [1.29, 1.82) is 0 Å². The van der Waals surface area contributed by atoms with E-state index in [1.807, 2.05) is 13.8 Å². The molecule has 0 aliphatic carbocycles. The van der Waals surface area contributed by atoms with Crippen LogP contribution in [0.15, 0.2) is 41.8 Å². The predicted molar refractivity (Wildman–Crippen MR) is 183 cm³/mol. The first-order valence-electron chi connectivity index (χ1n) is 16.4. The van der Waals surface area contributed by atoms with Crippen molar-refractivity contribution >= 4 is 45.7 Å². The Morgan fingerprint density at radius 1 is 1.00 bits per heavy atom. The lowest BCUT2D eigenvalue weighted by molar-refractivity contribution is -0.147. The van der Waals surface area contributed by atoms with Gasteiger partial charge in [0.1, 0.15) is 30.8 Å². The zero-order chi connectivity index (χ0) is 37.4. The number of nitrogens with two attached hydrogens (primary N) is 1. The quantitative estimate of drug-likeness (QED) is 0.148. The average molecular weight is 723 g/mol. The number of benzene rings is 1. The molecule has 0 unspecified atom stereocenters. The fraction of sp³-hybridized carbons (Fsp3) is 0.576. The lowest BCUT2D eigenvalue weighted by Gasteiger charge is -2.30. The number of amides is 5. The van der Waals surface area contributed by atoms with Crippen LogP contribution in [0.3, 0.4) is 0 Å². The van der Waals surface area contributed by atoms with Crippen LogP contribution in [0.2, 0.25) is 0 Å². The molecule has 16 nitrogen and oxygen atoms in total. The molecule has 1 aromatic rings. The first-order valence-corrected chi connectivity index (χ1v) is 17.9. The third-order valence-corrected chi connectivity index (χ3v) is 9.42. The van der Waals surface area contributed by atoms with Crippen molar-refractivity contribution in [2.45, 2.75) is 89.6 Å². The highest BCUT2D eigenvalue weighted by Crippen LogP contribution is 2.21. The van der Waals surface area contributed by atoms with E-state index in [0.717, 1.165) is 9.71 Å². The van der Waals surface area contributed by atoms with Gasteiger partial charge in [-0.3, -0.25) is 19.2 Å². The molecule has 1 aromatic carbocycles. The molecule has 5 amide bonds. The topological polar surface area (TPSA) is 224 Å². The third kappa shape index (κ3) is 13.8. The molecule has 0 aromatic heterocycles. The number of sulfonamides is 1. The molecule has 1 fully saturated rings. The summed E-state index contributed by atoms with van der Waals surface area (Å²) in [4.78, 5) is 79.0. The number of primary amides is 1. The number of nitrogens with one attached hydrogen (secondary N) is 3. The Kier molecular flexibility index (Phi) is 16.9. The van der Waals surface area contributed by atoms with Crippen LogP contribution in [0.25, 0.3) is 0 Å². The lowest BCUT2D eigenvalue weighted by Crippen LogP contribution is -2.57. The number of ether oxygens (including phenoxy) is 2. The van der Waals surface area contributed by atoms with E-state index in [0.29, 0.717) is 24.8 Å². The summed E-state index contributed by atoms with van der Waals surface area (Å²) < 4.78 is 35.4. The molecule has 1 saturated heterocycles. The van der Waals surface area contributed by atoms with E-state index >= 15 is 0 Å². The number of hydrogen-bond donors (Lipinski definition) is 4. The standard InChI is InChI=1S/C33H50N6O10S/c1-22(2)20-26(32(44)48-5)36-30(42)27-15-11-18-39(27)31(43)25(16-17-28(34)40)35-29(41)24(14-9-10-19-50(46,47)38(3)4)37-33(45)49-21-23-12-7-6-8-13-23/h6-8,10,12-13,19,22,24-27H,9,11,14-18,20-21H2,1-5H3,(H2,34,40)(H,35,41)(H,36,42)(H,37,45)/b19-10+/t24-,25-,26-,27-/m0/s1. The van der Waals surface area contributed by atoms with Crippen molar-refractivity contribution in [2.75, 3.05) is 27.7 Å². The summed E-state index contributed by atoms with van der Waals surface area (Å²) in [5.74, 6) is -3.32. The van der Waals surface area contributed by atoms with Gasteiger partial charge in [-0.15, -0.1) is 0 Å². The smallest absolute Gasteiger partial charge is 0.408 e. The number of carbonyl (C=O) groups excluding carboxylic acids is 6. The van der Waals surface area contributed by atoms with Gasteiger partial charge in [0.05, 0.1) is 7.11 Å². The molecule has 1 heterocycles. The molecule has 1 aliphatic heterocycles. The number of allylic oxidation sites excluding steroid dienone is 1. The van der Waals surface area contributed by atoms with Crippen LogP contribution in [0.1, 0.15) is 64.4 Å². The summed E-state index contributed by atoms with van der Waals surface area (Å²) in [6, 6.07) is 4.33. The van der Waals surface area contributed by atoms with Crippen molar-refractivity contribution in [1.82, 2.24) is 25.2 Å². The van der Waals surface area contributed by atoms with Gasteiger partial charge in [-0.1, -0.05) is 50.3 Å². The van der Waals surface area contributed by atoms with Crippen LogP contribution >= 0.6 is 0 Å². The Bertz CT molecular complexity index is 1470. The minimum absolute atomic E-state index is 0.0378. The van der Waals surface area contributed by atoms with Crippen LogP contribution in [0.5, 0.6) is 0 Å². The van der Waals surface area contributed by atoms with Gasteiger partial charge >= 0.3 is 12.1 Å². The van der Waals surface area contributed by atoms with Crippen molar-refractivity contribution in [3.8, 4) is 0 Å². The van der Waals surface area contributed by atoms with E-state index < -0.39 is 69.9 Å². The summed E-state index contributed by atoms with van der Waals surface area (Å²) in [6.45, 7) is 3.85. The zero-order valence-corrected chi connectivity index (χ0v) is 30.1. The minimum Gasteiger partial charge on any atom is -0.467 e. The second kappa shape index (κ2) is 20.2. The van der Waals surface area contributed by atoms with Gasteiger partial charge in [0.15, 0.2) is 0 Å². The molecular weight excluding hydrogens is 672 g/mol. The van der Waals surface area contributed by atoms with E-state index in [-0.39, 0.29) is 44.8 Å². The van der Waals surface area contributed by atoms with Crippen molar-refractivity contribution in [3.05, 3.63) is 47.4 Å². The van der Waals surface area contributed by atoms with Gasteiger partial charge in [0, 0.05) is 32.5 Å². The second-order valence-electron chi connectivity index (χ2n) is 12.5. The number of nitrogens with zero attached hydrogens (tertiary/aromatic N) is 2. The number of alkyl carbamates (subject to hydrolysis) is 1. The fourth-order valence-electron chi connectivity index (χ4n) is 5.17. The van der Waals surface area contributed by atoms with Crippen LogP contribution in [0, 0.1) is 5.92 Å². The summed E-state index contributed by atoms with van der Waals surface area (Å²) in [6.07, 6.45) is 0.953. The number of rotatable bonds is 19. The van der Waals surface area contributed by atoms with Crippen molar-refractivity contribution in [2.24, 2.45) is 11.7 Å². The summed E-state index contributed by atoms with van der Waals surface area (Å²) >= 11 is 0. The molecule has 17 heteroatoms. The Labute approximate surface area is 293 Å². The van der Waals surface area contributed by atoms with E-state index in [2.05, 4.69) is 16.0 Å². The molecule has 0 radical (unpaired) electrons. The van der Waals surface area contributed by atoms with E-state index in [9.17, 15) is 37.2 Å². The van der Waals surface area contributed by atoms with Gasteiger partial charge in [0.25, 0.3) is 0 Å². The molecular formula is C33H50N6O10S. The summed E-state index contributed by atoms with van der Waals surface area (Å²) in [5.41, 5.74) is 6.06. The largest absolute Gasteiger partial charge is 0.467 e. The number of carbonyl (C=O) groups is 6. The molecule has 1 aliphatic rings. The molecule has 0 bridgehead atoms. The highest BCUT2D eigenvalue weighted by molar-refractivity contribution is 7.92. The second-order valence-corrected chi connectivity index (χ2v) is 14.5. The zero-order valence-electron chi connectivity index (χ0n) is 29.3. The average Bonchev–Trinajstić information content (AvgIpc) is 3.56. The van der Waals surface area contributed by atoms with Crippen LogP contribution in [0.4, 0.5) is 4.79 Å². The van der Waals surface area contributed by atoms with Crippen LogP contribution in [-0.2, 0) is 50.1 Å². The predicted octanol–water partition coefficient (Wildman–Crippen LogP) is 0.912. The Balaban J connectivity index is 2.27. The molecule has 0 saturated carbocycles. The van der Waals surface area contributed by atoms with Gasteiger partial charge in [-0.05, 0) is 50.0 Å². The SMILES string of the molecule is COC(=O)[C@H](CC(C)C)NC(=O)[C@@H]1CCCN1C(=O)[C@H](CCC(N)=O)NC(=O)[C@H](CC/C=C/S(=O)(=O)N(C)C)NC(=O)OCc1ccccc1. The maximum Gasteiger partial charge on any atom is 0.408 e. The van der Waals surface area contributed by atoms with Gasteiger partial charge in [-0.2, -0.15) is 0 Å². The lowest BCUT2D eigenvalue weighted by atomic mass is 10.0. The monoisotopic (exact) mass is 722 g/mol. The molecule has 5 N–H and O–H groups in total. The third-order valence-electron chi connectivity index (χ3n) is 7.86. The maximum absolute atomic E-state index is 13.9. The Morgan fingerprint density at radius 3 is 2.28 bits per heavy atom. The van der Waals surface area contributed by atoms with Gasteiger partial charge < -0.3 is 36.1 Å². The molecule has 50 heavy (non-hydrogen) atoms. The number of likely N-dealkylation sites (tertiary alicyclic amines) is 1. The number of hydrogen-bond acceptors (Lipinski definition) is 10. The first kappa shape index (κ1) is 41.7. The first-order chi connectivity index (χ1) is 23.5. The highest BCUT2D eigenvalue weighted by atomic mass is 32.2. The molecule has 0 spiro atoms. The Morgan fingerprint density at radius 2 is 1.68 bits per heavy atom. The molecule has 2 rings (SSSR count). The number of methoxy groups -OCH3 is 1. The van der Waals surface area contributed by atoms with E-state index in [1.165, 1.54) is 32.2 Å². The van der Waals surface area contributed by atoms with Gasteiger partial charge in [0.2, 0.25) is 33.7 Å².